The lowest BCUT2D eigenvalue weighted by atomic mass is 10.2. The summed E-state index contributed by atoms with van der Waals surface area (Å²) in [5.74, 6) is 2.09. The third-order valence-corrected chi connectivity index (χ3v) is 4.68. The van der Waals surface area contributed by atoms with Crippen LogP contribution in [0.5, 0.6) is 0 Å². The molecule has 1 aromatic carbocycles. The highest BCUT2D eigenvalue weighted by molar-refractivity contribution is 7.99. The molecule has 2 heterocycles. The number of pyridine rings is 1. The van der Waals surface area contributed by atoms with Crippen molar-refractivity contribution in [3.8, 4) is 5.82 Å². The summed E-state index contributed by atoms with van der Waals surface area (Å²) in [5, 5.41) is 2.97. The highest BCUT2D eigenvalue weighted by atomic mass is 32.2. The Hall–Kier alpha value is -2.60. The van der Waals surface area contributed by atoms with E-state index in [9.17, 15) is 4.79 Å². The Morgan fingerprint density at radius 1 is 1.24 bits per heavy atom. The summed E-state index contributed by atoms with van der Waals surface area (Å²) in [6.07, 6.45) is 6.98. The van der Waals surface area contributed by atoms with Gasteiger partial charge in [0.1, 0.15) is 12.1 Å². The molecule has 0 radical (unpaired) electrons. The predicted molar refractivity (Wildman–Crippen MR) is 101 cm³/mol. The van der Waals surface area contributed by atoms with Crippen LogP contribution >= 0.6 is 11.8 Å². The average molecular weight is 352 g/mol. The maximum absolute atomic E-state index is 12.1. The van der Waals surface area contributed by atoms with Gasteiger partial charge in [0.15, 0.2) is 0 Å². The molecule has 0 saturated carbocycles. The number of nitrogens with one attached hydrogen (secondary N) is 1. The summed E-state index contributed by atoms with van der Waals surface area (Å²) in [5.41, 5.74) is 3.44. The minimum atomic E-state index is 0.0260. The number of amides is 1. The lowest BCUT2D eigenvalue weighted by Crippen LogP contribution is -2.25. The van der Waals surface area contributed by atoms with Crippen molar-refractivity contribution in [3.05, 3.63) is 78.0 Å². The number of imidazole rings is 1. The molecule has 0 aliphatic carbocycles. The first-order valence-corrected chi connectivity index (χ1v) is 9.20. The smallest absolute Gasteiger partial charge is 0.230 e. The van der Waals surface area contributed by atoms with Gasteiger partial charge < -0.3 is 5.32 Å². The molecule has 0 unspecified atom stereocenters. The second-order valence-electron chi connectivity index (χ2n) is 5.71. The van der Waals surface area contributed by atoms with Gasteiger partial charge in [0.05, 0.1) is 5.75 Å². The molecule has 3 rings (SSSR count). The molecule has 1 N–H and O–H groups in total. The molecular weight excluding hydrogens is 332 g/mol. The Morgan fingerprint density at radius 3 is 2.96 bits per heavy atom. The zero-order valence-corrected chi connectivity index (χ0v) is 14.9. The number of rotatable bonds is 7. The fourth-order valence-corrected chi connectivity index (χ4v) is 3.30. The van der Waals surface area contributed by atoms with E-state index in [2.05, 4.69) is 40.4 Å². The average Bonchev–Trinajstić information content (AvgIpc) is 3.15. The summed E-state index contributed by atoms with van der Waals surface area (Å²) >= 11 is 1.62. The van der Waals surface area contributed by atoms with Gasteiger partial charge in [-0.25, -0.2) is 9.97 Å². The molecule has 1 amide bonds. The van der Waals surface area contributed by atoms with Gasteiger partial charge in [-0.05, 0) is 18.6 Å². The van der Waals surface area contributed by atoms with Crippen molar-refractivity contribution >= 4 is 17.7 Å². The zero-order chi connectivity index (χ0) is 17.5. The fraction of sp³-hybridized carbons (Fsp3) is 0.211. The molecule has 5 nitrogen and oxygen atoms in total. The first kappa shape index (κ1) is 17.2. The van der Waals surface area contributed by atoms with E-state index >= 15 is 0 Å². The van der Waals surface area contributed by atoms with Gasteiger partial charge in [0.25, 0.3) is 0 Å². The van der Waals surface area contributed by atoms with Crippen molar-refractivity contribution < 1.29 is 4.79 Å². The van der Waals surface area contributed by atoms with E-state index in [0.717, 1.165) is 17.1 Å². The molecule has 6 heteroatoms. The van der Waals surface area contributed by atoms with Crippen LogP contribution < -0.4 is 5.32 Å². The molecule has 128 valence electrons. The SMILES string of the molecule is Cc1cccc(CSCC(=O)NCc2cccnc2-n2ccnc2)c1. The topological polar surface area (TPSA) is 59.8 Å². The fourth-order valence-electron chi connectivity index (χ4n) is 2.49. The van der Waals surface area contributed by atoms with Gasteiger partial charge in [0, 0.05) is 36.5 Å². The van der Waals surface area contributed by atoms with E-state index in [4.69, 9.17) is 0 Å². The summed E-state index contributed by atoms with van der Waals surface area (Å²) in [6.45, 7) is 2.53. The third kappa shape index (κ3) is 4.93. The third-order valence-electron chi connectivity index (χ3n) is 3.68. The monoisotopic (exact) mass is 352 g/mol. The Bertz CT molecular complexity index is 833. The van der Waals surface area contributed by atoms with Gasteiger partial charge in [-0.3, -0.25) is 9.36 Å². The quantitative estimate of drug-likeness (QED) is 0.710. The second-order valence-corrected chi connectivity index (χ2v) is 6.70. The van der Waals surface area contributed by atoms with Crippen LogP contribution in [-0.2, 0) is 17.1 Å². The number of benzene rings is 1. The molecular formula is C19H20N4OS. The van der Waals surface area contributed by atoms with Crippen molar-refractivity contribution in [1.82, 2.24) is 19.9 Å². The van der Waals surface area contributed by atoms with Crippen LogP contribution in [0.4, 0.5) is 0 Å². The maximum Gasteiger partial charge on any atom is 0.230 e. The van der Waals surface area contributed by atoms with Gasteiger partial charge in [-0.2, -0.15) is 0 Å². The van der Waals surface area contributed by atoms with Crippen molar-refractivity contribution in [1.29, 1.82) is 0 Å². The lowest BCUT2D eigenvalue weighted by Gasteiger charge is -2.10. The van der Waals surface area contributed by atoms with Crippen LogP contribution in [0.15, 0.2) is 61.3 Å². The second kappa shape index (κ2) is 8.48. The summed E-state index contributed by atoms with van der Waals surface area (Å²) in [4.78, 5) is 20.5. The highest BCUT2D eigenvalue weighted by Crippen LogP contribution is 2.14. The number of hydrogen-bond donors (Lipinski definition) is 1. The van der Waals surface area contributed by atoms with Gasteiger partial charge in [0.2, 0.25) is 5.91 Å². The van der Waals surface area contributed by atoms with E-state index < -0.39 is 0 Å². The minimum absolute atomic E-state index is 0.0260. The molecule has 2 aromatic heterocycles. The number of carbonyl (C=O) groups is 1. The van der Waals surface area contributed by atoms with E-state index in [1.54, 1.807) is 30.5 Å². The number of carbonyl (C=O) groups excluding carboxylic acids is 1. The van der Waals surface area contributed by atoms with Crippen molar-refractivity contribution in [2.24, 2.45) is 0 Å². The van der Waals surface area contributed by atoms with Gasteiger partial charge >= 0.3 is 0 Å². The molecule has 0 saturated heterocycles. The van der Waals surface area contributed by atoms with E-state index in [1.807, 2.05) is 29.0 Å². The minimum Gasteiger partial charge on any atom is -0.351 e. The lowest BCUT2D eigenvalue weighted by molar-refractivity contribution is -0.118. The normalized spacial score (nSPS) is 10.6. The number of thioether (sulfide) groups is 1. The molecule has 0 aliphatic heterocycles. The van der Waals surface area contributed by atoms with Gasteiger partial charge in [-0.15, -0.1) is 11.8 Å². The summed E-state index contributed by atoms with van der Waals surface area (Å²) in [6, 6.07) is 12.2. The van der Waals surface area contributed by atoms with Crippen LogP contribution in [0.1, 0.15) is 16.7 Å². The maximum atomic E-state index is 12.1. The molecule has 0 bridgehead atoms. The highest BCUT2D eigenvalue weighted by Gasteiger charge is 2.07. The molecule has 0 atom stereocenters. The van der Waals surface area contributed by atoms with Gasteiger partial charge in [-0.1, -0.05) is 35.9 Å². The molecule has 0 spiro atoms. The number of nitrogens with zero attached hydrogens (tertiary/aromatic N) is 3. The zero-order valence-electron chi connectivity index (χ0n) is 14.1. The number of aromatic nitrogens is 3. The summed E-state index contributed by atoms with van der Waals surface area (Å²) in [7, 11) is 0. The van der Waals surface area contributed by atoms with Crippen LogP contribution in [0.2, 0.25) is 0 Å². The molecule has 25 heavy (non-hydrogen) atoms. The number of aryl methyl sites for hydroxylation is 1. The molecule has 0 aliphatic rings. The predicted octanol–water partition coefficient (Wildman–Crippen LogP) is 3.13. The number of hydrogen-bond acceptors (Lipinski definition) is 4. The van der Waals surface area contributed by atoms with Crippen molar-refractivity contribution in [2.45, 2.75) is 19.2 Å². The van der Waals surface area contributed by atoms with Crippen LogP contribution in [0, 0.1) is 6.92 Å². The first-order chi connectivity index (χ1) is 12.2. The molecule has 0 fully saturated rings. The van der Waals surface area contributed by atoms with Crippen molar-refractivity contribution in [3.63, 3.8) is 0 Å². The van der Waals surface area contributed by atoms with E-state index in [-0.39, 0.29) is 5.91 Å². The first-order valence-electron chi connectivity index (χ1n) is 8.04. The van der Waals surface area contributed by atoms with E-state index in [0.29, 0.717) is 12.3 Å². The Balaban J connectivity index is 1.50. The van der Waals surface area contributed by atoms with Crippen molar-refractivity contribution in [2.75, 3.05) is 5.75 Å². The Labute approximate surface area is 151 Å². The largest absolute Gasteiger partial charge is 0.351 e. The summed E-state index contributed by atoms with van der Waals surface area (Å²) < 4.78 is 1.84. The van der Waals surface area contributed by atoms with Crippen LogP contribution in [0.25, 0.3) is 5.82 Å². The van der Waals surface area contributed by atoms with Crippen LogP contribution in [0.3, 0.4) is 0 Å². The standard InChI is InChI=1S/C19H20N4OS/c1-15-4-2-5-16(10-15)12-25-13-18(24)22-11-17-6-3-7-21-19(17)23-9-8-20-14-23/h2-10,14H,11-13H2,1H3,(H,22,24). The van der Waals surface area contributed by atoms with E-state index in [1.165, 1.54) is 11.1 Å². The Morgan fingerprint density at radius 2 is 2.16 bits per heavy atom. The Kier molecular flexibility index (Phi) is 5.85. The molecule has 3 aromatic rings. The van der Waals surface area contributed by atoms with Crippen LogP contribution in [-0.4, -0.2) is 26.2 Å².